The summed E-state index contributed by atoms with van der Waals surface area (Å²) < 4.78 is 27.6. The van der Waals surface area contributed by atoms with E-state index in [-0.39, 0.29) is 16.7 Å². The van der Waals surface area contributed by atoms with Crippen molar-refractivity contribution in [2.24, 2.45) is 0 Å². The first-order valence-electron chi connectivity index (χ1n) is 10.6. The SMILES string of the molecule is CCN(Cc1ccccc1NC(=O)c1ccc(S(=O)(=O)NCCc2cccs2)cc1)C(C)=O. The van der Waals surface area contributed by atoms with Crippen LogP contribution in [0.2, 0.25) is 0 Å². The van der Waals surface area contributed by atoms with Gasteiger partial charge in [0.15, 0.2) is 0 Å². The van der Waals surface area contributed by atoms with Crippen molar-refractivity contribution in [3.05, 3.63) is 82.0 Å². The number of hydrogen-bond acceptors (Lipinski definition) is 5. The van der Waals surface area contributed by atoms with Crippen molar-refractivity contribution in [1.82, 2.24) is 9.62 Å². The van der Waals surface area contributed by atoms with Crippen LogP contribution in [0.15, 0.2) is 70.9 Å². The van der Waals surface area contributed by atoms with Crippen molar-refractivity contribution >= 4 is 38.9 Å². The maximum atomic E-state index is 12.8. The van der Waals surface area contributed by atoms with E-state index >= 15 is 0 Å². The lowest BCUT2D eigenvalue weighted by Gasteiger charge is -2.21. The minimum atomic E-state index is -3.66. The summed E-state index contributed by atoms with van der Waals surface area (Å²) in [4.78, 5) is 27.4. The highest BCUT2D eigenvalue weighted by Gasteiger charge is 2.16. The van der Waals surface area contributed by atoms with Crippen LogP contribution in [0, 0.1) is 0 Å². The lowest BCUT2D eigenvalue weighted by atomic mass is 10.1. The number of carbonyl (C=O) groups excluding carboxylic acids is 2. The van der Waals surface area contributed by atoms with E-state index in [1.54, 1.807) is 28.4 Å². The molecular formula is C24H27N3O4S2. The van der Waals surface area contributed by atoms with Crippen LogP contribution in [0.5, 0.6) is 0 Å². The topological polar surface area (TPSA) is 95.6 Å². The molecule has 9 heteroatoms. The molecule has 2 aromatic carbocycles. The Bertz CT molecular complexity index is 1190. The van der Waals surface area contributed by atoms with Gasteiger partial charge in [0.1, 0.15) is 0 Å². The largest absolute Gasteiger partial charge is 0.339 e. The maximum absolute atomic E-state index is 12.8. The molecule has 7 nitrogen and oxygen atoms in total. The zero-order valence-corrected chi connectivity index (χ0v) is 20.2. The number of anilines is 1. The van der Waals surface area contributed by atoms with Crippen LogP contribution in [-0.2, 0) is 27.8 Å². The van der Waals surface area contributed by atoms with Crippen molar-refractivity contribution in [2.45, 2.75) is 31.7 Å². The van der Waals surface area contributed by atoms with Crippen molar-refractivity contribution in [3.63, 3.8) is 0 Å². The summed E-state index contributed by atoms with van der Waals surface area (Å²) in [7, 11) is -3.66. The summed E-state index contributed by atoms with van der Waals surface area (Å²) in [5.41, 5.74) is 1.76. The summed E-state index contributed by atoms with van der Waals surface area (Å²) in [6.07, 6.45) is 0.621. The third-order valence-corrected chi connectivity index (χ3v) is 7.54. The Balaban J connectivity index is 1.65. The van der Waals surface area contributed by atoms with Crippen LogP contribution in [0.25, 0.3) is 0 Å². The van der Waals surface area contributed by atoms with Gasteiger partial charge in [-0.25, -0.2) is 13.1 Å². The fourth-order valence-electron chi connectivity index (χ4n) is 3.26. The first-order valence-corrected chi connectivity index (χ1v) is 12.9. The molecule has 3 aromatic rings. The smallest absolute Gasteiger partial charge is 0.255 e. The summed E-state index contributed by atoms with van der Waals surface area (Å²) in [5, 5.41) is 4.82. The van der Waals surface area contributed by atoms with Gasteiger partial charge in [0.25, 0.3) is 5.91 Å². The second kappa shape index (κ2) is 11.2. The number of hydrogen-bond donors (Lipinski definition) is 2. The van der Waals surface area contributed by atoms with E-state index in [1.165, 1.54) is 31.2 Å². The van der Waals surface area contributed by atoms with Crippen LogP contribution >= 0.6 is 11.3 Å². The standard InChI is InChI=1S/C24H27N3O4S2/c1-3-27(18(2)28)17-20-7-4-5-9-23(20)26-24(29)19-10-12-22(13-11-19)33(30,31)25-15-14-21-8-6-16-32-21/h4-13,16,25H,3,14-15,17H2,1-2H3,(H,26,29). The predicted octanol–water partition coefficient (Wildman–Crippen LogP) is 3.89. The van der Waals surface area contributed by atoms with E-state index in [0.29, 0.717) is 37.3 Å². The quantitative estimate of drug-likeness (QED) is 0.455. The average Bonchev–Trinajstić information content (AvgIpc) is 3.31. The number of nitrogens with one attached hydrogen (secondary N) is 2. The van der Waals surface area contributed by atoms with Crippen molar-refractivity contribution in [2.75, 3.05) is 18.4 Å². The van der Waals surface area contributed by atoms with Crippen LogP contribution in [0.1, 0.15) is 34.6 Å². The first-order chi connectivity index (χ1) is 15.8. The number of benzene rings is 2. The van der Waals surface area contributed by atoms with Gasteiger partial charge in [-0.3, -0.25) is 9.59 Å². The number of rotatable bonds is 10. The Hall–Kier alpha value is -3.01. The molecule has 0 fully saturated rings. The monoisotopic (exact) mass is 485 g/mol. The van der Waals surface area contributed by atoms with Gasteiger partial charge in [-0.1, -0.05) is 24.3 Å². The zero-order chi connectivity index (χ0) is 23.8. The molecule has 0 spiro atoms. The fraction of sp³-hybridized carbons (Fsp3) is 0.250. The first kappa shape index (κ1) is 24.6. The number of sulfonamides is 1. The maximum Gasteiger partial charge on any atom is 0.255 e. The molecule has 0 saturated carbocycles. The van der Waals surface area contributed by atoms with E-state index < -0.39 is 10.0 Å². The number of thiophene rings is 1. The molecular weight excluding hydrogens is 458 g/mol. The zero-order valence-electron chi connectivity index (χ0n) is 18.6. The van der Waals surface area contributed by atoms with Crippen molar-refractivity contribution < 1.29 is 18.0 Å². The van der Waals surface area contributed by atoms with Gasteiger partial charge in [-0.05, 0) is 60.7 Å². The van der Waals surface area contributed by atoms with Gasteiger partial charge in [0.2, 0.25) is 15.9 Å². The molecule has 1 aromatic heterocycles. The molecule has 0 saturated heterocycles. The molecule has 174 valence electrons. The Morgan fingerprint density at radius 2 is 1.73 bits per heavy atom. The highest BCUT2D eigenvalue weighted by Crippen LogP contribution is 2.19. The lowest BCUT2D eigenvalue weighted by Crippen LogP contribution is -2.28. The second-order valence-electron chi connectivity index (χ2n) is 7.40. The Morgan fingerprint density at radius 3 is 2.36 bits per heavy atom. The van der Waals surface area contributed by atoms with Crippen LogP contribution in [-0.4, -0.2) is 38.2 Å². The minimum Gasteiger partial charge on any atom is -0.339 e. The average molecular weight is 486 g/mol. The van der Waals surface area contributed by atoms with Crippen LogP contribution < -0.4 is 10.0 Å². The van der Waals surface area contributed by atoms with Gasteiger partial charge < -0.3 is 10.2 Å². The van der Waals surface area contributed by atoms with Crippen LogP contribution in [0.3, 0.4) is 0 Å². The normalized spacial score (nSPS) is 11.2. The molecule has 3 rings (SSSR count). The highest BCUT2D eigenvalue weighted by atomic mass is 32.2. The van der Waals surface area contributed by atoms with E-state index in [2.05, 4.69) is 10.0 Å². The molecule has 0 radical (unpaired) electrons. The number of para-hydroxylation sites is 1. The molecule has 0 unspecified atom stereocenters. The van der Waals surface area contributed by atoms with Crippen molar-refractivity contribution in [3.8, 4) is 0 Å². The molecule has 0 bridgehead atoms. The molecule has 0 aliphatic carbocycles. The molecule has 2 N–H and O–H groups in total. The third-order valence-electron chi connectivity index (χ3n) is 5.12. The molecule has 1 heterocycles. The van der Waals surface area contributed by atoms with Crippen molar-refractivity contribution in [1.29, 1.82) is 0 Å². The number of amides is 2. The fourth-order valence-corrected chi connectivity index (χ4v) is 5.00. The highest BCUT2D eigenvalue weighted by molar-refractivity contribution is 7.89. The van der Waals surface area contributed by atoms with E-state index in [1.807, 2.05) is 36.6 Å². The Kier molecular flexibility index (Phi) is 8.37. The van der Waals surface area contributed by atoms with E-state index in [0.717, 1.165) is 10.4 Å². The predicted molar refractivity (Wildman–Crippen MR) is 131 cm³/mol. The molecule has 33 heavy (non-hydrogen) atoms. The Morgan fingerprint density at radius 1 is 1.00 bits per heavy atom. The number of carbonyl (C=O) groups is 2. The molecule has 0 atom stereocenters. The minimum absolute atomic E-state index is 0.0422. The van der Waals surface area contributed by atoms with Gasteiger partial charge >= 0.3 is 0 Å². The molecule has 2 amide bonds. The summed E-state index contributed by atoms with van der Waals surface area (Å²) in [5.74, 6) is -0.401. The molecule has 0 aliphatic heterocycles. The van der Waals surface area contributed by atoms with Crippen LogP contribution in [0.4, 0.5) is 5.69 Å². The second-order valence-corrected chi connectivity index (χ2v) is 10.2. The summed E-state index contributed by atoms with van der Waals surface area (Å²) in [6.45, 7) is 4.66. The number of nitrogens with zero attached hydrogens (tertiary/aromatic N) is 1. The van der Waals surface area contributed by atoms with E-state index in [9.17, 15) is 18.0 Å². The molecule has 0 aliphatic rings. The Labute approximate surface area is 198 Å². The van der Waals surface area contributed by atoms with E-state index in [4.69, 9.17) is 0 Å². The third kappa shape index (κ3) is 6.74. The summed E-state index contributed by atoms with van der Waals surface area (Å²) >= 11 is 1.58. The summed E-state index contributed by atoms with van der Waals surface area (Å²) in [6, 6.07) is 17.0. The van der Waals surface area contributed by atoms with Gasteiger partial charge in [-0.2, -0.15) is 0 Å². The lowest BCUT2D eigenvalue weighted by molar-refractivity contribution is -0.129. The van der Waals surface area contributed by atoms with Gasteiger partial charge in [0, 0.05) is 42.7 Å². The van der Waals surface area contributed by atoms with Gasteiger partial charge in [0.05, 0.1) is 4.90 Å². The van der Waals surface area contributed by atoms with Gasteiger partial charge in [-0.15, -0.1) is 11.3 Å².